The van der Waals surface area contributed by atoms with Crippen LogP contribution in [0.1, 0.15) is 18.1 Å². The summed E-state index contributed by atoms with van der Waals surface area (Å²) in [5.74, 6) is 1.55. The summed E-state index contributed by atoms with van der Waals surface area (Å²) in [5, 5.41) is 6.13. The van der Waals surface area contributed by atoms with E-state index >= 15 is 0 Å². The highest BCUT2D eigenvalue weighted by atomic mass is 32.2. The van der Waals surface area contributed by atoms with Gasteiger partial charge in [0.15, 0.2) is 0 Å². The van der Waals surface area contributed by atoms with E-state index in [1.165, 1.54) is 5.56 Å². The molecule has 144 valence electrons. The number of rotatable bonds is 9. The van der Waals surface area contributed by atoms with Crippen molar-refractivity contribution in [1.82, 2.24) is 0 Å². The third-order valence-corrected chi connectivity index (χ3v) is 5.11. The van der Waals surface area contributed by atoms with Crippen LogP contribution < -0.4 is 10.6 Å². The molecule has 0 bridgehead atoms. The van der Waals surface area contributed by atoms with Gasteiger partial charge in [-0.15, -0.1) is 0 Å². The SMILES string of the molecule is C=C(C)CSCC(CNc1ccc(C)cc1)OC(=O)Nc1ccc(C)cc1. The average molecular weight is 385 g/mol. The molecule has 0 aliphatic carbocycles. The Balaban J connectivity index is 1.91. The molecule has 1 amide bonds. The number of carbonyl (C=O) groups is 1. The van der Waals surface area contributed by atoms with Crippen molar-refractivity contribution in [3.05, 3.63) is 71.8 Å². The third-order valence-electron chi connectivity index (χ3n) is 3.81. The Morgan fingerprint density at radius 1 is 1.04 bits per heavy atom. The van der Waals surface area contributed by atoms with Crippen LogP contribution in [-0.2, 0) is 4.74 Å². The molecule has 0 aliphatic rings. The van der Waals surface area contributed by atoms with Crippen LogP contribution in [0, 0.1) is 13.8 Å². The Labute approximate surface area is 166 Å². The lowest BCUT2D eigenvalue weighted by Crippen LogP contribution is -2.30. The Morgan fingerprint density at radius 3 is 2.15 bits per heavy atom. The number of aryl methyl sites for hydroxylation is 2. The second kappa shape index (κ2) is 10.7. The molecule has 2 rings (SSSR count). The van der Waals surface area contributed by atoms with Gasteiger partial charge in [0.05, 0.1) is 6.54 Å². The summed E-state index contributed by atoms with van der Waals surface area (Å²) in [6, 6.07) is 15.8. The molecule has 0 heterocycles. The third kappa shape index (κ3) is 8.22. The van der Waals surface area contributed by atoms with Crippen molar-refractivity contribution in [2.24, 2.45) is 0 Å². The standard InChI is InChI=1S/C22H28N2O2S/c1-16(2)14-27-15-21(13-23-19-9-5-17(3)6-10-19)26-22(25)24-20-11-7-18(4)8-12-20/h5-12,21,23H,1,13-15H2,2-4H3,(H,24,25). The zero-order valence-electron chi connectivity index (χ0n) is 16.2. The zero-order valence-corrected chi connectivity index (χ0v) is 17.1. The maximum Gasteiger partial charge on any atom is 0.411 e. The second-order valence-corrected chi connectivity index (χ2v) is 7.77. The molecule has 1 unspecified atom stereocenters. The molecule has 0 saturated carbocycles. The van der Waals surface area contributed by atoms with Crippen molar-refractivity contribution in [3.8, 4) is 0 Å². The van der Waals surface area contributed by atoms with E-state index in [0.29, 0.717) is 12.3 Å². The van der Waals surface area contributed by atoms with Gasteiger partial charge in [-0.3, -0.25) is 5.32 Å². The fraction of sp³-hybridized carbons (Fsp3) is 0.318. The Bertz CT molecular complexity index is 742. The summed E-state index contributed by atoms with van der Waals surface area (Å²) in [4.78, 5) is 12.3. The molecule has 2 aromatic rings. The zero-order chi connectivity index (χ0) is 19.6. The summed E-state index contributed by atoms with van der Waals surface area (Å²) >= 11 is 1.71. The number of ether oxygens (including phenoxy) is 1. The highest BCUT2D eigenvalue weighted by Crippen LogP contribution is 2.14. The molecule has 4 nitrogen and oxygen atoms in total. The molecule has 5 heteroatoms. The van der Waals surface area contributed by atoms with Crippen LogP contribution in [0.15, 0.2) is 60.7 Å². The summed E-state index contributed by atoms with van der Waals surface area (Å²) in [6.45, 7) is 10.5. The number of nitrogens with one attached hydrogen (secondary N) is 2. The van der Waals surface area contributed by atoms with Gasteiger partial charge >= 0.3 is 6.09 Å². The van der Waals surface area contributed by atoms with E-state index in [1.54, 1.807) is 11.8 Å². The number of carbonyl (C=O) groups excluding carboxylic acids is 1. The Morgan fingerprint density at radius 2 is 1.59 bits per heavy atom. The largest absolute Gasteiger partial charge is 0.443 e. The molecule has 0 aliphatic heterocycles. The van der Waals surface area contributed by atoms with Crippen LogP contribution in [0.3, 0.4) is 0 Å². The van der Waals surface area contributed by atoms with Crippen LogP contribution in [-0.4, -0.2) is 30.2 Å². The number of amides is 1. The number of hydrogen-bond acceptors (Lipinski definition) is 4. The van der Waals surface area contributed by atoms with E-state index in [-0.39, 0.29) is 6.10 Å². The molecule has 0 radical (unpaired) electrons. The molecule has 0 aromatic heterocycles. The first kappa shape index (κ1) is 20.9. The minimum absolute atomic E-state index is 0.249. The van der Waals surface area contributed by atoms with Gasteiger partial charge in [-0.1, -0.05) is 47.5 Å². The molecule has 2 N–H and O–H groups in total. The predicted octanol–water partition coefficient (Wildman–Crippen LogP) is 5.64. The molecule has 0 saturated heterocycles. The summed E-state index contributed by atoms with van der Waals surface area (Å²) < 4.78 is 5.65. The molecular formula is C22H28N2O2S. The monoisotopic (exact) mass is 384 g/mol. The van der Waals surface area contributed by atoms with Crippen LogP contribution in [0.5, 0.6) is 0 Å². The summed E-state index contributed by atoms with van der Waals surface area (Å²) in [7, 11) is 0. The molecule has 2 aromatic carbocycles. The highest BCUT2D eigenvalue weighted by Gasteiger charge is 2.15. The van der Waals surface area contributed by atoms with E-state index in [4.69, 9.17) is 4.74 Å². The van der Waals surface area contributed by atoms with Gasteiger partial charge in [0.25, 0.3) is 0 Å². The normalized spacial score (nSPS) is 11.5. The molecule has 27 heavy (non-hydrogen) atoms. The quantitative estimate of drug-likeness (QED) is 0.549. The van der Waals surface area contributed by atoms with E-state index < -0.39 is 6.09 Å². The van der Waals surface area contributed by atoms with Crippen LogP contribution in [0.2, 0.25) is 0 Å². The Hall–Kier alpha value is -2.40. The summed E-state index contributed by atoms with van der Waals surface area (Å²) in [5.41, 5.74) is 5.20. The van der Waals surface area contributed by atoms with Crippen molar-refractivity contribution in [1.29, 1.82) is 0 Å². The lowest BCUT2D eigenvalue weighted by molar-refractivity contribution is 0.129. The summed E-state index contributed by atoms with van der Waals surface area (Å²) in [6.07, 6.45) is -0.688. The minimum Gasteiger partial charge on any atom is -0.443 e. The minimum atomic E-state index is -0.439. The lowest BCUT2D eigenvalue weighted by atomic mass is 10.2. The number of benzene rings is 2. The maximum atomic E-state index is 12.3. The van der Waals surface area contributed by atoms with Crippen molar-refractivity contribution < 1.29 is 9.53 Å². The van der Waals surface area contributed by atoms with Gasteiger partial charge in [-0.05, 0) is 45.0 Å². The van der Waals surface area contributed by atoms with E-state index in [0.717, 1.165) is 28.3 Å². The Kier molecular flexibility index (Phi) is 8.27. The van der Waals surface area contributed by atoms with Crippen molar-refractivity contribution >= 4 is 29.2 Å². The molecule has 0 fully saturated rings. The van der Waals surface area contributed by atoms with Gasteiger partial charge in [-0.25, -0.2) is 4.79 Å². The molecular weight excluding hydrogens is 356 g/mol. The first-order valence-electron chi connectivity index (χ1n) is 8.99. The van der Waals surface area contributed by atoms with Gasteiger partial charge < -0.3 is 10.1 Å². The number of thioether (sulfide) groups is 1. The smallest absolute Gasteiger partial charge is 0.411 e. The van der Waals surface area contributed by atoms with Gasteiger partial charge in [0.2, 0.25) is 0 Å². The van der Waals surface area contributed by atoms with Crippen molar-refractivity contribution in [2.75, 3.05) is 28.7 Å². The fourth-order valence-electron chi connectivity index (χ4n) is 2.34. The van der Waals surface area contributed by atoms with Crippen LogP contribution >= 0.6 is 11.8 Å². The molecule has 1 atom stereocenters. The first-order chi connectivity index (χ1) is 12.9. The van der Waals surface area contributed by atoms with Gasteiger partial charge in [-0.2, -0.15) is 11.8 Å². The average Bonchev–Trinajstić information content (AvgIpc) is 2.62. The topological polar surface area (TPSA) is 50.4 Å². The van der Waals surface area contributed by atoms with E-state index in [2.05, 4.69) is 36.3 Å². The maximum absolute atomic E-state index is 12.3. The van der Waals surface area contributed by atoms with E-state index in [1.807, 2.05) is 50.2 Å². The predicted molar refractivity (Wildman–Crippen MR) is 117 cm³/mol. The second-order valence-electron chi connectivity index (χ2n) is 6.74. The van der Waals surface area contributed by atoms with E-state index in [9.17, 15) is 4.79 Å². The van der Waals surface area contributed by atoms with Crippen molar-refractivity contribution in [2.45, 2.75) is 26.9 Å². The van der Waals surface area contributed by atoms with Crippen LogP contribution in [0.25, 0.3) is 0 Å². The van der Waals surface area contributed by atoms with Crippen LogP contribution in [0.4, 0.5) is 16.2 Å². The highest BCUT2D eigenvalue weighted by molar-refractivity contribution is 7.99. The molecule has 0 spiro atoms. The first-order valence-corrected chi connectivity index (χ1v) is 10.1. The number of anilines is 2. The number of hydrogen-bond donors (Lipinski definition) is 2. The fourth-order valence-corrected chi connectivity index (χ4v) is 3.25. The van der Waals surface area contributed by atoms with Gasteiger partial charge in [0, 0.05) is 22.9 Å². The van der Waals surface area contributed by atoms with Gasteiger partial charge in [0.1, 0.15) is 6.10 Å². The van der Waals surface area contributed by atoms with Crippen molar-refractivity contribution in [3.63, 3.8) is 0 Å². The lowest BCUT2D eigenvalue weighted by Gasteiger charge is -2.19.